The smallest absolute Gasteiger partial charge is 0.111 e. The predicted octanol–water partition coefficient (Wildman–Crippen LogP) is 3.89. The van der Waals surface area contributed by atoms with Gasteiger partial charge in [-0.1, -0.05) is 27.7 Å². The first-order chi connectivity index (χ1) is 8.95. The molecular weight excluding hydrogens is 258 g/mol. The van der Waals surface area contributed by atoms with Crippen molar-refractivity contribution in [3.8, 4) is 0 Å². The second-order valence-electron chi connectivity index (χ2n) is 6.06. The van der Waals surface area contributed by atoms with Gasteiger partial charge >= 0.3 is 0 Å². The summed E-state index contributed by atoms with van der Waals surface area (Å²) in [5, 5.41) is 0. The number of hydrogen-bond donors (Lipinski definition) is 0. The van der Waals surface area contributed by atoms with Crippen LogP contribution in [0.15, 0.2) is 18.5 Å². The van der Waals surface area contributed by atoms with E-state index in [1.807, 2.05) is 18.5 Å². The Morgan fingerprint density at radius 2 is 2.11 bits per heavy atom. The molecule has 2 heterocycles. The minimum absolute atomic E-state index is 0.220. The van der Waals surface area contributed by atoms with Crippen molar-refractivity contribution in [1.29, 1.82) is 0 Å². The van der Waals surface area contributed by atoms with E-state index in [1.54, 1.807) is 0 Å². The topological polar surface area (TPSA) is 30.7 Å². The molecule has 2 rings (SSSR count). The lowest BCUT2D eigenvalue weighted by molar-refractivity contribution is 0.210. The zero-order valence-corrected chi connectivity index (χ0v) is 12.9. The molecule has 4 heteroatoms. The minimum atomic E-state index is 0.220. The predicted molar refractivity (Wildman–Crippen MR) is 80.6 cm³/mol. The summed E-state index contributed by atoms with van der Waals surface area (Å²) >= 11 is 5.90. The maximum absolute atomic E-state index is 5.90. The number of alkyl halides is 1. The SMILES string of the molecule is CC(C)C(C)(C)Cn1c(CCCl)nc2cnccc21. The Kier molecular flexibility index (Phi) is 4.14. The quantitative estimate of drug-likeness (QED) is 0.777. The number of halogens is 1. The van der Waals surface area contributed by atoms with E-state index in [4.69, 9.17) is 11.6 Å². The van der Waals surface area contributed by atoms with E-state index < -0.39 is 0 Å². The number of rotatable bonds is 5. The van der Waals surface area contributed by atoms with Crippen LogP contribution < -0.4 is 0 Å². The summed E-state index contributed by atoms with van der Waals surface area (Å²) in [6.45, 7) is 10.1. The second-order valence-corrected chi connectivity index (χ2v) is 6.44. The first-order valence-electron chi connectivity index (χ1n) is 6.81. The number of pyridine rings is 1. The fourth-order valence-electron chi connectivity index (χ4n) is 2.07. The molecule has 0 aliphatic heterocycles. The molecule has 0 unspecified atom stereocenters. The van der Waals surface area contributed by atoms with Crippen LogP contribution in [0.3, 0.4) is 0 Å². The van der Waals surface area contributed by atoms with E-state index in [0.29, 0.717) is 11.8 Å². The molecule has 0 fully saturated rings. The van der Waals surface area contributed by atoms with Crippen LogP contribution in [0.2, 0.25) is 0 Å². The van der Waals surface area contributed by atoms with Crippen LogP contribution in [0.25, 0.3) is 11.0 Å². The van der Waals surface area contributed by atoms with Gasteiger partial charge < -0.3 is 4.57 Å². The molecule has 0 radical (unpaired) electrons. The number of aromatic nitrogens is 3. The van der Waals surface area contributed by atoms with Crippen molar-refractivity contribution in [2.24, 2.45) is 11.3 Å². The normalized spacial score (nSPS) is 12.5. The van der Waals surface area contributed by atoms with E-state index in [1.165, 1.54) is 0 Å². The third-order valence-electron chi connectivity index (χ3n) is 4.08. The van der Waals surface area contributed by atoms with Crippen molar-refractivity contribution in [1.82, 2.24) is 14.5 Å². The minimum Gasteiger partial charge on any atom is -0.327 e. The number of imidazole rings is 1. The lowest BCUT2D eigenvalue weighted by atomic mass is 9.81. The second kappa shape index (κ2) is 5.49. The highest BCUT2D eigenvalue weighted by molar-refractivity contribution is 6.17. The average Bonchev–Trinajstić information content (AvgIpc) is 2.68. The Labute approximate surface area is 120 Å². The molecule has 0 bridgehead atoms. The number of nitrogens with zero attached hydrogens (tertiary/aromatic N) is 3. The standard InChI is InChI=1S/C15H22ClN3/c1-11(2)15(3,4)10-19-13-6-8-17-9-12(13)18-14(19)5-7-16/h6,8-9,11H,5,7,10H2,1-4H3. The molecule has 0 spiro atoms. The Morgan fingerprint density at radius 1 is 1.37 bits per heavy atom. The molecule has 0 N–H and O–H groups in total. The molecule has 0 saturated heterocycles. The Morgan fingerprint density at radius 3 is 2.74 bits per heavy atom. The Hall–Kier alpha value is -1.09. The van der Waals surface area contributed by atoms with E-state index in [9.17, 15) is 0 Å². The van der Waals surface area contributed by atoms with Crippen molar-refractivity contribution in [2.75, 3.05) is 5.88 Å². The van der Waals surface area contributed by atoms with Crippen LogP contribution in [-0.4, -0.2) is 20.4 Å². The molecule has 0 aliphatic carbocycles. The van der Waals surface area contributed by atoms with E-state index in [0.717, 1.165) is 29.8 Å². The van der Waals surface area contributed by atoms with Crippen LogP contribution >= 0.6 is 11.6 Å². The monoisotopic (exact) mass is 279 g/mol. The summed E-state index contributed by atoms with van der Waals surface area (Å²) in [6.07, 6.45) is 4.45. The van der Waals surface area contributed by atoms with Gasteiger partial charge in [-0.2, -0.15) is 0 Å². The molecule has 0 aromatic carbocycles. The van der Waals surface area contributed by atoms with Gasteiger partial charge in [-0.25, -0.2) is 4.98 Å². The van der Waals surface area contributed by atoms with Crippen LogP contribution in [-0.2, 0) is 13.0 Å². The highest BCUT2D eigenvalue weighted by Crippen LogP contribution is 2.30. The van der Waals surface area contributed by atoms with Gasteiger partial charge in [0.1, 0.15) is 11.3 Å². The highest BCUT2D eigenvalue weighted by Gasteiger charge is 2.25. The van der Waals surface area contributed by atoms with Crippen LogP contribution in [0, 0.1) is 11.3 Å². The summed E-state index contributed by atoms with van der Waals surface area (Å²) < 4.78 is 2.30. The third-order valence-corrected chi connectivity index (χ3v) is 4.27. The highest BCUT2D eigenvalue weighted by atomic mass is 35.5. The molecule has 2 aromatic heterocycles. The van der Waals surface area contributed by atoms with Gasteiger partial charge in [-0.3, -0.25) is 4.98 Å². The summed E-state index contributed by atoms with van der Waals surface area (Å²) in [7, 11) is 0. The fraction of sp³-hybridized carbons (Fsp3) is 0.600. The first kappa shape index (κ1) is 14.3. The van der Waals surface area contributed by atoms with Gasteiger partial charge in [0.05, 0.1) is 11.7 Å². The van der Waals surface area contributed by atoms with E-state index in [2.05, 4.69) is 42.2 Å². The molecule has 3 nitrogen and oxygen atoms in total. The molecule has 0 amide bonds. The van der Waals surface area contributed by atoms with Crippen LogP contribution in [0.4, 0.5) is 0 Å². The molecular formula is C15H22ClN3. The zero-order chi connectivity index (χ0) is 14.0. The van der Waals surface area contributed by atoms with Crippen LogP contribution in [0.1, 0.15) is 33.5 Å². The van der Waals surface area contributed by atoms with Crippen molar-refractivity contribution in [2.45, 2.75) is 40.7 Å². The summed E-state index contributed by atoms with van der Waals surface area (Å²) in [4.78, 5) is 8.81. The van der Waals surface area contributed by atoms with Gasteiger partial charge in [0.15, 0.2) is 0 Å². The van der Waals surface area contributed by atoms with Gasteiger partial charge in [0, 0.05) is 25.0 Å². The molecule has 2 aromatic rings. The van der Waals surface area contributed by atoms with E-state index in [-0.39, 0.29) is 5.41 Å². The maximum atomic E-state index is 5.90. The number of aryl methyl sites for hydroxylation is 1. The molecule has 19 heavy (non-hydrogen) atoms. The van der Waals surface area contributed by atoms with Gasteiger partial charge in [0.25, 0.3) is 0 Å². The zero-order valence-electron chi connectivity index (χ0n) is 12.2. The van der Waals surface area contributed by atoms with Crippen molar-refractivity contribution in [3.05, 3.63) is 24.3 Å². The maximum Gasteiger partial charge on any atom is 0.111 e. The first-order valence-corrected chi connectivity index (χ1v) is 7.34. The summed E-state index contributed by atoms with van der Waals surface area (Å²) in [5.74, 6) is 2.26. The van der Waals surface area contributed by atoms with Gasteiger partial charge in [-0.15, -0.1) is 11.6 Å². The fourth-order valence-corrected chi connectivity index (χ4v) is 2.24. The molecule has 0 saturated carbocycles. The molecule has 0 aliphatic rings. The van der Waals surface area contributed by atoms with Crippen molar-refractivity contribution in [3.63, 3.8) is 0 Å². The molecule has 104 valence electrons. The van der Waals surface area contributed by atoms with Crippen molar-refractivity contribution < 1.29 is 0 Å². The average molecular weight is 280 g/mol. The summed E-state index contributed by atoms with van der Waals surface area (Å²) in [6, 6.07) is 2.04. The van der Waals surface area contributed by atoms with Gasteiger partial charge in [0.2, 0.25) is 0 Å². The third kappa shape index (κ3) is 2.92. The van der Waals surface area contributed by atoms with Gasteiger partial charge in [-0.05, 0) is 17.4 Å². The lowest BCUT2D eigenvalue weighted by Gasteiger charge is -2.30. The summed E-state index contributed by atoms with van der Waals surface area (Å²) in [5.41, 5.74) is 2.34. The Balaban J connectivity index is 2.47. The molecule has 0 atom stereocenters. The van der Waals surface area contributed by atoms with Crippen LogP contribution in [0.5, 0.6) is 0 Å². The largest absolute Gasteiger partial charge is 0.327 e. The van der Waals surface area contributed by atoms with Crippen molar-refractivity contribution >= 4 is 22.6 Å². The Bertz CT molecular complexity index is 558. The van der Waals surface area contributed by atoms with E-state index >= 15 is 0 Å². The number of hydrogen-bond acceptors (Lipinski definition) is 2. The lowest BCUT2D eigenvalue weighted by Crippen LogP contribution is -2.26. The number of fused-ring (bicyclic) bond motifs is 1.